The van der Waals surface area contributed by atoms with Gasteiger partial charge in [-0.05, 0) is 18.2 Å². The van der Waals surface area contributed by atoms with Crippen molar-refractivity contribution in [2.75, 3.05) is 17.2 Å². The molecule has 0 saturated carbocycles. The molecule has 1 aliphatic rings. The summed E-state index contributed by atoms with van der Waals surface area (Å²) in [5, 5.41) is 5.50. The summed E-state index contributed by atoms with van der Waals surface area (Å²) in [6, 6.07) is 5.17. The predicted molar refractivity (Wildman–Crippen MR) is 68.7 cm³/mol. The van der Waals surface area contributed by atoms with Gasteiger partial charge in [0.1, 0.15) is 5.75 Å². The zero-order chi connectivity index (χ0) is 13.3. The van der Waals surface area contributed by atoms with Gasteiger partial charge in [-0.2, -0.15) is 0 Å². The maximum absolute atomic E-state index is 11.8. The molecule has 0 unspecified atom stereocenters. The molecule has 2 rings (SSSR count). The molecule has 1 aromatic carbocycles. The number of hydrogen-bond donors (Lipinski definition) is 2. The molecular weight excluding hydrogens is 232 g/mol. The zero-order valence-electron chi connectivity index (χ0n) is 10.7. The van der Waals surface area contributed by atoms with E-state index in [2.05, 4.69) is 10.6 Å². The van der Waals surface area contributed by atoms with Crippen LogP contribution in [0.5, 0.6) is 5.75 Å². The lowest BCUT2D eigenvalue weighted by molar-refractivity contribution is -0.123. The fraction of sp³-hybridized carbons (Fsp3) is 0.385. The van der Waals surface area contributed by atoms with Crippen LogP contribution in [0.2, 0.25) is 0 Å². The lowest BCUT2D eigenvalue weighted by Gasteiger charge is -2.21. The number of amides is 2. The van der Waals surface area contributed by atoms with Gasteiger partial charge in [0.15, 0.2) is 6.61 Å². The number of fused-ring (bicyclic) bond motifs is 1. The molecule has 5 heteroatoms. The van der Waals surface area contributed by atoms with Crippen molar-refractivity contribution in [3.05, 3.63) is 18.2 Å². The molecule has 0 bridgehead atoms. The molecule has 0 aliphatic carbocycles. The lowest BCUT2D eigenvalue weighted by atomic mass is 9.95. The SMILES string of the molecule is CC(C)(C)C(=O)Nc1ccc2c(c1)NC(=O)CO2. The predicted octanol–water partition coefficient (Wildman–Crippen LogP) is 2.00. The van der Waals surface area contributed by atoms with Gasteiger partial charge in [0.2, 0.25) is 5.91 Å². The van der Waals surface area contributed by atoms with E-state index in [9.17, 15) is 9.59 Å². The number of carbonyl (C=O) groups excluding carboxylic acids is 2. The van der Waals surface area contributed by atoms with Crippen LogP contribution >= 0.6 is 0 Å². The maximum atomic E-state index is 11.8. The molecule has 5 nitrogen and oxygen atoms in total. The summed E-state index contributed by atoms with van der Waals surface area (Å²) in [4.78, 5) is 23.0. The van der Waals surface area contributed by atoms with E-state index in [0.29, 0.717) is 17.1 Å². The summed E-state index contributed by atoms with van der Waals surface area (Å²) in [5.41, 5.74) is 0.757. The second-order valence-corrected chi connectivity index (χ2v) is 5.25. The fourth-order valence-electron chi connectivity index (χ4n) is 1.48. The van der Waals surface area contributed by atoms with Crippen molar-refractivity contribution in [3.63, 3.8) is 0 Å². The van der Waals surface area contributed by atoms with E-state index >= 15 is 0 Å². The van der Waals surface area contributed by atoms with Gasteiger partial charge in [0, 0.05) is 11.1 Å². The van der Waals surface area contributed by atoms with Crippen LogP contribution in [0.25, 0.3) is 0 Å². The first-order valence-electron chi connectivity index (χ1n) is 5.74. The van der Waals surface area contributed by atoms with E-state index in [0.717, 1.165) is 0 Å². The summed E-state index contributed by atoms with van der Waals surface area (Å²) in [6.07, 6.45) is 0. The quantitative estimate of drug-likeness (QED) is 0.798. The Balaban J connectivity index is 2.19. The van der Waals surface area contributed by atoms with E-state index < -0.39 is 5.41 Å². The molecule has 0 aromatic heterocycles. The summed E-state index contributed by atoms with van der Waals surface area (Å²) in [7, 11) is 0. The van der Waals surface area contributed by atoms with E-state index in [4.69, 9.17) is 4.74 Å². The highest BCUT2D eigenvalue weighted by molar-refractivity contribution is 5.98. The van der Waals surface area contributed by atoms with Crippen LogP contribution in [0.3, 0.4) is 0 Å². The molecule has 2 N–H and O–H groups in total. The van der Waals surface area contributed by atoms with Crippen LogP contribution in [0, 0.1) is 5.41 Å². The summed E-state index contributed by atoms with van der Waals surface area (Å²) in [6.45, 7) is 5.55. The Morgan fingerprint density at radius 2 is 2.11 bits per heavy atom. The first kappa shape index (κ1) is 12.4. The Morgan fingerprint density at radius 1 is 1.39 bits per heavy atom. The number of nitrogens with one attached hydrogen (secondary N) is 2. The highest BCUT2D eigenvalue weighted by Crippen LogP contribution is 2.31. The van der Waals surface area contributed by atoms with Crippen molar-refractivity contribution in [2.45, 2.75) is 20.8 Å². The number of rotatable bonds is 1. The minimum atomic E-state index is -0.463. The van der Waals surface area contributed by atoms with Gasteiger partial charge in [-0.1, -0.05) is 20.8 Å². The normalized spacial score (nSPS) is 14.3. The fourth-order valence-corrected chi connectivity index (χ4v) is 1.48. The molecule has 96 valence electrons. The van der Waals surface area contributed by atoms with Crippen molar-refractivity contribution >= 4 is 23.2 Å². The minimum absolute atomic E-state index is 0.0285. The van der Waals surface area contributed by atoms with E-state index in [1.165, 1.54) is 0 Å². The molecular formula is C13H16N2O3. The Labute approximate surface area is 106 Å². The molecule has 0 radical (unpaired) electrons. The maximum Gasteiger partial charge on any atom is 0.262 e. The summed E-state index contributed by atoms with van der Waals surface area (Å²) in [5.74, 6) is 0.343. The number of benzene rings is 1. The Bertz CT molecular complexity index is 503. The Kier molecular flexibility index (Phi) is 2.98. The number of ether oxygens (including phenoxy) is 1. The van der Waals surface area contributed by atoms with Crippen LogP contribution in [-0.4, -0.2) is 18.4 Å². The second-order valence-electron chi connectivity index (χ2n) is 5.25. The van der Waals surface area contributed by atoms with Crippen LogP contribution in [-0.2, 0) is 9.59 Å². The molecule has 1 heterocycles. The Hall–Kier alpha value is -2.04. The van der Waals surface area contributed by atoms with Crippen molar-refractivity contribution in [1.82, 2.24) is 0 Å². The van der Waals surface area contributed by atoms with Gasteiger partial charge >= 0.3 is 0 Å². The van der Waals surface area contributed by atoms with Gasteiger partial charge in [-0.15, -0.1) is 0 Å². The smallest absolute Gasteiger partial charge is 0.262 e. The van der Waals surface area contributed by atoms with Crippen molar-refractivity contribution in [1.29, 1.82) is 0 Å². The van der Waals surface area contributed by atoms with Crippen molar-refractivity contribution < 1.29 is 14.3 Å². The van der Waals surface area contributed by atoms with Gasteiger partial charge < -0.3 is 15.4 Å². The van der Waals surface area contributed by atoms with Crippen molar-refractivity contribution in [2.24, 2.45) is 5.41 Å². The topological polar surface area (TPSA) is 67.4 Å². The first-order chi connectivity index (χ1) is 8.36. The third kappa shape index (κ3) is 2.61. The number of anilines is 2. The zero-order valence-corrected chi connectivity index (χ0v) is 10.7. The molecule has 1 aromatic rings. The highest BCUT2D eigenvalue weighted by Gasteiger charge is 2.22. The standard InChI is InChI=1S/C13H16N2O3/c1-13(2,3)12(17)14-8-4-5-10-9(6-8)15-11(16)7-18-10/h4-6H,7H2,1-3H3,(H,14,17)(H,15,16). The molecule has 1 aliphatic heterocycles. The van der Waals surface area contributed by atoms with Crippen LogP contribution in [0.15, 0.2) is 18.2 Å². The van der Waals surface area contributed by atoms with Crippen molar-refractivity contribution in [3.8, 4) is 5.75 Å². The van der Waals surface area contributed by atoms with Crippen LogP contribution in [0.1, 0.15) is 20.8 Å². The van der Waals surface area contributed by atoms with Gasteiger partial charge in [0.05, 0.1) is 5.69 Å². The third-order valence-electron chi connectivity index (χ3n) is 2.55. The molecule has 0 saturated heterocycles. The largest absolute Gasteiger partial charge is 0.482 e. The molecule has 0 spiro atoms. The molecule has 2 amide bonds. The monoisotopic (exact) mass is 248 g/mol. The first-order valence-corrected chi connectivity index (χ1v) is 5.74. The Morgan fingerprint density at radius 3 is 2.78 bits per heavy atom. The van der Waals surface area contributed by atoms with Crippen LogP contribution in [0.4, 0.5) is 11.4 Å². The van der Waals surface area contributed by atoms with Gasteiger partial charge in [-0.3, -0.25) is 9.59 Å². The second kappa shape index (κ2) is 4.33. The van der Waals surface area contributed by atoms with E-state index in [1.54, 1.807) is 18.2 Å². The molecule has 18 heavy (non-hydrogen) atoms. The average molecular weight is 248 g/mol. The van der Waals surface area contributed by atoms with E-state index in [-0.39, 0.29) is 18.4 Å². The summed E-state index contributed by atoms with van der Waals surface area (Å²) >= 11 is 0. The third-order valence-corrected chi connectivity index (χ3v) is 2.55. The molecule has 0 fully saturated rings. The molecule has 0 atom stereocenters. The van der Waals surface area contributed by atoms with Gasteiger partial charge in [-0.25, -0.2) is 0 Å². The average Bonchev–Trinajstić information content (AvgIpc) is 2.27. The highest BCUT2D eigenvalue weighted by atomic mass is 16.5. The minimum Gasteiger partial charge on any atom is -0.482 e. The summed E-state index contributed by atoms with van der Waals surface area (Å²) < 4.78 is 5.24. The van der Waals surface area contributed by atoms with Gasteiger partial charge in [0.25, 0.3) is 5.91 Å². The number of carbonyl (C=O) groups is 2. The lowest BCUT2D eigenvalue weighted by Crippen LogP contribution is -2.28. The number of hydrogen-bond acceptors (Lipinski definition) is 3. The van der Waals surface area contributed by atoms with Crippen LogP contribution < -0.4 is 15.4 Å². The van der Waals surface area contributed by atoms with E-state index in [1.807, 2.05) is 20.8 Å².